The molecule has 0 amide bonds. The molecule has 0 aliphatic carbocycles. The van der Waals surface area contributed by atoms with Gasteiger partial charge in [-0.05, 0) is 13.3 Å². The number of nitrogens with zero attached hydrogens (tertiary/aromatic N) is 2. The molecule has 2 saturated heterocycles. The first-order chi connectivity index (χ1) is 9.98. The van der Waals surface area contributed by atoms with Crippen LogP contribution in [0.4, 0.5) is 0 Å². The van der Waals surface area contributed by atoms with Crippen molar-refractivity contribution in [2.75, 3.05) is 59.2 Å². The van der Waals surface area contributed by atoms with E-state index in [2.05, 4.69) is 23.5 Å². The van der Waals surface area contributed by atoms with Gasteiger partial charge in [0.1, 0.15) is 0 Å². The smallest absolute Gasteiger partial charge is 0.279 e. The third kappa shape index (κ3) is 4.37. The Labute approximate surface area is 127 Å². The SMILES string of the molecule is CC[C@@](C)(CNS(=O)(=O)N1CCOCC1)N1CCOCC1. The maximum absolute atomic E-state index is 12.3. The first-order valence-electron chi connectivity index (χ1n) is 7.63. The van der Waals surface area contributed by atoms with Gasteiger partial charge in [0.25, 0.3) is 10.2 Å². The third-order valence-electron chi connectivity index (χ3n) is 4.48. The summed E-state index contributed by atoms with van der Waals surface area (Å²) in [6.07, 6.45) is 0.888. The molecule has 0 aromatic heterocycles. The van der Waals surface area contributed by atoms with E-state index in [0.29, 0.717) is 46.1 Å². The summed E-state index contributed by atoms with van der Waals surface area (Å²) in [7, 11) is -3.42. The summed E-state index contributed by atoms with van der Waals surface area (Å²) >= 11 is 0. The van der Waals surface area contributed by atoms with Crippen LogP contribution in [0.5, 0.6) is 0 Å². The Morgan fingerprint density at radius 3 is 2.10 bits per heavy atom. The molecule has 0 bridgehead atoms. The minimum atomic E-state index is -3.42. The summed E-state index contributed by atoms with van der Waals surface area (Å²) in [5, 5.41) is 0. The summed E-state index contributed by atoms with van der Waals surface area (Å²) in [5.74, 6) is 0. The fourth-order valence-electron chi connectivity index (χ4n) is 2.69. The van der Waals surface area contributed by atoms with Crippen LogP contribution in [0.2, 0.25) is 0 Å². The zero-order chi connectivity index (χ0) is 15.3. The van der Waals surface area contributed by atoms with E-state index in [1.54, 1.807) is 0 Å². The zero-order valence-corrected chi connectivity index (χ0v) is 13.8. The van der Waals surface area contributed by atoms with Crippen LogP contribution in [-0.4, -0.2) is 82.3 Å². The van der Waals surface area contributed by atoms with Crippen LogP contribution >= 0.6 is 0 Å². The van der Waals surface area contributed by atoms with Crippen molar-refractivity contribution in [2.24, 2.45) is 0 Å². The summed E-state index contributed by atoms with van der Waals surface area (Å²) in [4.78, 5) is 2.32. The molecule has 124 valence electrons. The molecule has 2 rings (SSSR count). The molecule has 0 aromatic rings. The highest BCUT2D eigenvalue weighted by Crippen LogP contribution is 2.20. The van der Waals surface area contributed by atoms with Crippen molar-refractivity contribution in [3.63, 3.8) is 0 Å². The molecule has 2 fully saturated rings. The lowest BCUT2D eigenvalue weighted by Crippen LogP contribution is -2.58. The number of ether oxygens (including phenoxy) is 2. The molecule has 7 nitrogen and oxygen atoms in total. The maximum atomic E-state index is 12.3. The van der Waals surface area contributed by atoms with Crippen LogP contribution in [0.15, 0.2) is 0 Å². The Kier molecular flexibility index (Phi) is 5.98. The van der Waals surface area contributed by atoms with E-state index < -0.39 is 10.2 Å². The highest BCUT2D eigenvalue weighted by atomic mass is 32.2. The molecular formula is C13H27N3O4S. The van der Waals surface area contributed by atoms with Gasteiger partial charge in [-0.1, -0.05) is 6.92 Å². The molecule has 2 aliphatic rings. The van der Waals surface area contributed by atoms with E-state index in [0.717, 1.165) is 19.5 Å². The van der Waals surface area contributed by atoms with Crippen LogP contribution in [0.1, 0.15) is 20.3 Å². The summed E-state index contributed by atoms with van der Waals surface area (Å²) in [6.45, 7) is 9.54. The van der Waals surface area contributed by atoms with Crippen molar-refractivity contribution in [1.29, 1.82) is 0 Å². The molecule has 1 N–H and O–H groups in total. The van der Waals surface area contributed by atoms with E-state index in [1.165, 1.54) is 4.31 Å². The number of nitrogens with one attached hydrogen (secondary N) is 1. The summed E-state index contributed by atoms with van der Waals surface area (Å²) < 4.78 is 39.5. The van der Waals surface area contributed by atoms with Crippen molar-refractivity contribution < 1.29 is 17.9 Å². The molecule has 0 spiro atoms. The Balaban J connectivity index is 1.94. The normalized spacial score (nSPS) is 25.6. The third-order valence-corrected chi connectivity index (χ3v) is 6.04. The minimum Gasteiger partial charge on any atom is -0.379 e. The average Bonchev–Trinajstić information content (AvgIpc) is 2.54. The van der Waals surface area contributed by atoms with Crippen molar-refractivity contribution in [1.82, 2.24) is 13.9 Å². The molecule has 0 saturated carbocycles. The van der Waals surface area contributed by atoms with Crippen LogP contribution in [0, 0.1) is 0 Å². The van der Waals surface area contributed by atoms with Gasteiger partial charge in [-0.3, -0.25) is 4.90 Å². The van der Waals surface area contributed by atoms with Crippen molar-refractivity contribution in [3.8, 4) is 0 Å². The molecule has 2 aliphatic heterocycles. The lowest BCUT2D eigenvalue weighted by molar-refractivity contribution is -0.0159. The quantitative estimate of drug-likeness (QED) is 0.724. The predicted molar refractivity (Wildman–Crippen MR) is 80.4 cm³/mol. The van der Waals surface area contributed by atoms with Crippen LogP contribution in [-0.2, 0) is 19.7 Å². The number of hydrogen-bond acceptors (Lipinski definition) is 5. The molecule has 21 heavy (non-hydrogen) atoms. The van der Waals surface area contributed by atoms with Crippen molar-refractivity contribution in [2.45, 2.75) is 25.8 Å². The number of hydrogen-bond donors (Lipinski definition) is 1. The van der Waals surface area contributed by atoms with Crippen LogP contribution in [0.25, 0.3) is 0 Å². The van der Waals surface area contributed by atoms with Gasteiger partial charge >= 0.3 is 0 Å². The largest absolute Gasteiger partial charge is 0.379 e. The maximum Gasteiger partial charge on any atom is 0.279 e. The van der Waals surface area contributed by atoms with E-state index in [9.17, 15) is 8.42 Å². The van der Waals surface area contributed by atoms with Gasteiger partial charge in [-0.25, -0.2) is 4.72 Å². The minimum absolute atomic E-state index is 0.177. The first kappa shape index (κ1) is 17.1. The molecule has 2 heterocycles. The monoisotopic (exact) mass is 321 g/mol. The molecule has 0 radical (unpaired) electrons. The van der Waals surface area contributed by atoms with E-state index in [4.69, 9.17) is 9.47 Å². The van der Waals surface area contributed by atoms with Crippen LogP contribution < -0.4 is 4.72 Å². The van der Waals surface area contributed by atoms with Gasteiger partial charge in [0, 0.05) is 38.3 Å². The Morgan fingerprint density at radius 1 is 1.05 bits per heavy atom. The van der Waals surface area contributed by atoms with Crippen molar-refractivity contribution in [3.05, 3.63) is 0 Å². The average molecular weight is 321 g/mol. The van der Waals surface area contributed by atoms with Crippen LogP contribution in [0.3, 0.4) is 0 Å². The van der Waals surface area contributed by atoms with E-state index in [1.807, 2.05) is 0 Å². The number of morpholine rings is 2. The van der Waals surface area contributed by atoms with Crippen molar-refractivity contribution >= 4 is 10.2 Å². The van der Waals surface area contributed by atoms with Gasteiger partial charge in [0.2, 0.25) is 0 Å². The first-order valence-corrected chi connectivity index (χ1v) is 9.07. The second kappa shape index (κ2) is 7.34. The fraction of sp³-hybridized carbons (Fsp3) is 1.00. The molecule has 1 atom stereocenters. The predicted octanol–water partition coefficient (Wildman–Crippen LogP) is -0.346. The Morgan fingerprint density at radius 2 is 1.57 bits per heavy atom. The summed E-state index contributed by atoms with van der Waals surface area (Å²) in [6, 6.07) is 0. The van der Waals surface area contributed by atoms with E-state index >= 15 is 0 Å². The standard InChI is InChI=1S/C13H27N3O4S/c1-3-13(2,15-4-8-19-9-5-15)12-14-21(17,18)16-6-10-20-11-7-16/h14H,3-12H2,1-2H3/t13-/m0/s1. The lowest BCUT2D eigenvalue weighted by atomic mass is 9.96. The van der Waals surface area contributed by atoms with Gasteiger partial charge in [0.05, 0.1) is 26.4 Å². The lowest BCUT2D eigenvalue weighted by Gasteiger charge is -2.43. The summed E-state index contributed by atoms with van der Waals surface area (Å²) in [5.41, 5.74) is -0.177. The van der Waals surface area contributed by atoms with Gasteiger partial charge in [-0.2, -0.15) is 12.7 Å². The van der Waals surface area contributed by atoms with E-state index in [-0.39, 0.29) is 5.54 Å². The second-order valence-electron chi connectivity index (χ2n) is 5.79. The molecular weight excluding hydrogens is 294 g/mol. The topological polar surface area (TPSA) is 71.1 Å². The zero-order valence-electron chi connectivity index (χ0n) is 13.0. The van der Waals surface area contributed by atoms with Gasteiger partial charge in [-0.15, -0.1) is 0 Å². The molecule has 0 unspecified atom stereocenters. The molecule has 8 heteroatoms. The fourth-order valence-corrected chi connectivity index (χ4v) is 3.99. The van der Waals surface area contributed by atoms with Gasteiger partial charge in [0.15, 0.2) is 0 Å². The highest BCUT2D eigenvalue weighted by molar-refractivity contribution is 7.87. The Bertz CT molecular complexity index is 419. The molecule has 0 aromatic carbocycles. The highest BCUT2D eigenvalue weighted by Gasteiger charge is 2.34. The Hall–Kier alpha value is -0.250. The second-order valence-corrected chi connectivity index (χ2v) is 7.54. The number of rotatable bonds is 6. The van der Waals surface area contributed by atoms with Gasteiger partial charge < -0.3 is 9.47 Å².